The number of rotatable bonds is 3. The molecule has 0 spiro atoms. The van der Waals surface area contributed by atoms with Gasteiger partial charge in [-0.2, -0.15) is 10.2 Å². The molecule has 2 aromatic rings. The Balaban J connectivity index is 2.10. The van der Waals surface area contributed by atoms with Gasteiger partial charge in [-0.15, -0.1) is 10.2 Å². The number of aromatic nitrogens is 4. The zero-order valence-electron chi connectivity index (χ0n) is 12.2. The van der Waals surface area contributed by atoms with E-state index in [1.807, 2.05) is 51.1 Å². The quantitative estimate of drug-likeness (QED) is 0.875. The fourth-order valence-corrected chi connectivity index (χ4v) is 1.66. The van der Waals surface area contributed by atoms with Crippen LogP contribution in [0, 0.1) is 5.41 Å². The van der Waals surface area contributed by atoms with E-state index in [1.165, 1.54) is 0 Å². The van der Waals surface area contributed by atoms with E-state index < -0.39 is 11.5 Å². The Bertz CT molecular complexity index is 615. The number of aromatic amines is 1. The van der Waals surface area contributed by atoms with Crippen LogP contribution in [-0.2, 0) is 11.3 Å². The highest BCUT2D eigenvalue weighted by atomic mass is 16.5. The molecule has 0 bridgehead atoms. The highest BCUT2D eigenvalue weighted by Crippen LogP contribution is 2.20. The lowest BCUT2D eigenvalue weighted by atomic mass is 9.89. The van der Waals surface area contributed by atoms with Gasteiger partial charge in [0.05, 0.1) is 0 Å². The van der Waals surface area contributed by atoms with E-state index in [9.17, 15) is 4.79 Å². The monoisotopic (exact) mass is 287 g/mol. The molecule has 21 heavy (non-hydrogen) atoms. The van der Waals surface area contributed by atoms with Crippen LogP contribution in [0.1, 0.15) is 32.2 Å². The number of ether oxygens (including phenoxy) is 1. The molecule has 110 valence electrons. The highest BCUT2D eigenvalue weighted by molar-refractivity contribution is 6.05. The lowest BCUT2D eigenvalue weighted by Gasteiger charge is -2.18. The van der Waals surface area contributed by atoms with E-state index in [1.54, 1.807) is 0 Å². The Morgan fingerprint density at radius 3 is 2.57 bits per heavy atom. The molecule has 0 unspecified atom stereocenters. The molecule has 1 amide bonds. The second-order valence-electron chi connectivity index (χ2n) is 5.49. The van der Waals surface area contributed by atoms with Crippen LogP contribution in [-0.4, -0.2) is 32.4 Å². The largest absolute Gasteiger partial charge is 0.443 e. The molecule has 1 N–H and O–H groups in total. The summed E-state index contributed by atoms with van der Waals surface area (Å²) >= 11 is 0. The summed E-state index contributed by atoms with van der Waals surface area (Å²) in [5.41, 5.74) is 0.919. The minimum absolute atomic E-state index is 0.173. The Hall–Kier alpha value is -2.57. The summed E-state index contributed by atoms with van der Waals surface area (Å²) in [4.78, 5) is 15.8. The van der Waals surface area contributed by atoms with Crippen LogP contribution in [0.5, 0.6) is 0 Å². The van der Waals surface area contributed by atoms with Gasteiger partial charge in [0.15, 0.2) is 0 Å². The Morgan fingerprint density at radius 1 is 1.29 bits per heavy atom. The number of nitrogens with one attached hydrogen (secondary N) is 1. The van der Waals surface area contributed by atoms with Crippen molar-refractivity contribution in [2.45, 2.75) is 27.4 Å². The second-order valence-corrected chi connectivity index (χ2v) is 5.49. The van der Waals surface area contributed by atoms with Crippen LogP contribution < -0.4 is 0 Å². The molecular weight excluding hydrogens is 270 g/mol. The van der Waals surface area contributed by atoms with Crippen molar-refractivity contribution in [2.75, 3.05) is 0 Å². The summed E-state index contributed by atoms with van der Waals surface area (Å²) in [6.07, 6.45) is -0.673. The summed E-state index contributed by atoms with van der Waals surface area (Å²) in [6.45, 7) is 5.90. The van der Waals surface area contributed by atoms with Crippen molar-refractivity contribution in [1.29, 1.82) is 0 Å². The van der Waals surface area contributed by atoms with Gasteiger partial charge < -0.3 is 4.74 Å². The summed E-state index contributed by atoms with van der Waals surface area (Å²) in [6, 6.07) is 9.41. The first-order chi connectivity index (χ1) is 9.97. The Labute approximate surface area is 122 Å². The summed E-state index contributed by atoms with van der Waals surface area (Å²) in [5, 5.41) is 13.6. The van der Waals surface area contributed by atoms with E-state index in [2.05, 4.69) is 25.6 Å². The van der Waals surface area contributed by atoms with Crippen molar-refractivity contribution in [2.24, 2.45) is 10.4 Å². The number of tetrazole rings is 1. The average molecular weight is 287 g/mol. The van der Waals surface area contributed by atoms with Crippen LogP contribution in [0.2, 0.25) is 0 Å². The minimum atomic E-state index is -0.673. The number of benzene rings is 1. The fourth-order valence-electron chi connectivity index (χ4n) is 1.66. The van der Waals surface area contributed by atoms with Crippen molar-refractivity contribution in [3.05, 3.63) is 41.7 Å². The molecule has 7 nitrogen and oxygen atoms in total. The number of carbonyl (C=O) groups excluding carboxylic acids is 1. The van der Waals surface area contributed by atoms with Gasteiger partial charge in [0.25, 0.3) is 0 Å². The highest BCUT2D eigenvalue weighted by Gasteiger charge is 2.25. The first kappa shape index (κ1) is 14.8. The van der Waals surface area contributed by atoms with Crippen molar-refractivity contribution in [1.82, 2.24) is 20.6 Å². The van der Waals surface area contributed by atoms with Crippen LogP contribution in [0.15, 0.2) is 35.3 Å². The lowest BCUT2D eigenvalue weighted by molar-refractivity contribution is 0.150. The topological polar surface area (TPSA) is 93.1 Å². The average Bonchev–Trinajstić information content (AvgIpc) is 2.96. The Kier molecular flexibility index (Phi) is 4.42. The molecule has 0 aliphatic rings. The predicted octanol–water partition coefficient (Wildman–Crippen LogP) is 2.37. The zero-order chi connectivity index (χ0) is 15.3. The molecule has 0 radical (unpaired) electrons. The smallest absolute Gasteiger partial charge is 0.434 e. The molecule has 0 saturated heterocycles. The number of hydrogen-bond donors (Lipinski definition) is 1. The number of aliphatic imine (C=N–C) groups is 1. The number of amides is 1. The maximum Gasteiger partial charge on any atom is 0.434 e. The molecule has 0 fully saturated rings. The minimum Gasteiger partial charge on any atom is -0.443 e. The van der Waals surface area contributed by atoms with Gasteiger partial charge >= 0.3 is 6.09 Å². The summed E-state index contributed by atoms with van der Waals surface area (Å²) in [7, 11) is 0. The van der Waals surface area contributed by atoms with Crippen molar-refractivity contribution >= 4 is 11.8 Å². The molecule has 2 rings (SSSR count). The maximum absolute atomic E-state index is 11.9. The van der Waals surface area contributed by atoms with Crippen molar-refractivity contribution in [3.63, 3.8) is 0 Å². The van der Waals surface area contributed by atoms with Gasteiger partial charge in [-0.3, -0.25) is 0 Å². The number of carbonyl (C=O) groups is 1. The Morgan fingerprint density at radius 2 is 2.00 bits per heavy atom. The summed E-state index contributed by atoms with van der Waals surface area (Å²) in [5.74, 6) is 0.291. The molecule has 0 atom stereocenters. The number of H-pyrrole nitrogens is 1. The molecule has 1 aromatic carbocycles. The maximum atomic E-state index is 11.9. The van der Waals surface area contributed by atoms with Gasteiger partial charge in [-0.05, 0) is 10.8 Å². The van der Waals surface area contributed by atoms with Gasteiger partial charge in [-0.25, -0.2) is 4.79 Å². The van der Waals surface area contributed by atoms with Crippen molar-refractivity contribution in [3.8, 4) is 0 Å². The normalized spacial score (nSPS) is 12.2. The van der Waals surface area contributed by atoms with Gasteiger partial charge in [0.1, 0.15) is 12.3 Å². The van der Waals surface area contributed by atoms with E-state index >= 15 is 0 Å². The van der Waals surface area contributed by atoms with E-state index in [0.717, 1.165) is 5.56 Å². The van der Waals surface area contributed by atoms with Crippen LogP contribution in [0.4, 0.5) is 4.79 Å². The zero-order valence-corrected chi connectivity index (χ0v) is 12.2. The van der Waals surface area contributed by atoms with Crippen LogP contribution in [0.3, 0.4) is 0 Å². The lowest BCUT2D eigenvalue weighted by Crippen LogP contribution is -2.24. The van der Waals surface area contributed by atoms with E-state index in [4.69, 9.17) is 4.74 Å². The van der Waals surface area contributed by atoms with Gasteiger partial charge in [0.2, 0.25) is 5.82 Å². The SMILES string of the molecule is CC(C)(C)/C(=N\C(=O)OCc1ccccc1)c1nn[nH]n1. The van der Waals surface area contributed by atoms with Gasteiger partial charge in [0, 0.05) is 5.41 Å². The third kappa shape index (κ3) is 4.20. The molecule has 1 aromatic heterocycles. The molecule has 7 heteroatoms. The standard InChI is InChI=1S/C14H17N5O2/c1-14(2,3)11(12-16-18-19-17-12)15-13(20)21-9-10-7-5-4-6-8-10/h4-8H,9H2,1-3H3,(H,16,17,18,19)/b15-11-. The third-order valence-corrected chi connectivity index (χ3v) is 2.68. The number of hydrogen-bond acceptors (Lipinski definition) is 5. The van der Waals surface area contributed by atoms with Gasteiger partial charge in [-0.1, -0.05) is 51.1 Å². The fraction of sp³-hybridized carbons (Fsp3) is 0.357. The van der Waals surface area contributed by atoms with Crippen LogP contribution in [0.25, 0.3) is 0 Å². The molecule has 0 aliphatic heterocycles. The second kappa shape index (κ2) is 6.25. The predicted molar refractivity (Wildman–Crippen MR) is 76.8 cm³/mol. The molecule has 0 aliphatic carbocycles. The molecule has 0 saturated carbocycles. The van der Waals surface area contributed by atoms with Crippen molar-refractivity contribution < 1.29 is 9.53 Å². The van der Waals surface area contributed by atoms with E-state index in [-0.39, 0.29) is 6.61 Å². The first-order valence-corrected chi connectivity index (χ1v) is 6.50. The molecule has 1 heterocycles. The molecular formula is C14H17N5O2. The summed E-state index contributed by atoms with van der Waals surface area (Å²) < 4.78 is 5.14. The number of nitrogens with zero attached hydrogens (tertiary/aromatic N) is 4. The third-order valence-electron chi connectivity index (χ3n) is 2.68. The first-order valence-electron chi connectivity index (χ1n) is 6.50. The van der Waals surface area contributed by atoms with E-state index in [0.29, 0.717) is 11.5 Å². The van der Waals surface area contributed by atoms with Crippen LogP contribution >= 0.6 is 0 Å².